The van der Waals surface area contributed by atoms with Crippen LogP contribution < -0.4 is 5.32 Å². The molecule has 0 aromatic heterocycles. The number of nitrogens with zero attached hydrogens (tertiary/aromatic N) is 1. The van der Waals surface area contributed by atoms with Crippen LogP contribution in [0.25, 0.3) is 0 Å². The molecule has 1 aromatic carbocycles. The van der Waals surface area contributed by atoms with Crippen LogP contribution in [-0.4, -0.2) is 50.3 Å². The molecule has 0 aliphatic carbocycles. The molecule has 112 valence electrons. The van der Waals surface area contributed by atoms with Gasteiger partial charge in [-0.15, -0.1) is 0 Å². The van der Waals surface area contributed by atoms with Crippen LogP contribution in [0.1, 0.15) is 26.3 Å². The lowest BCUT2D eigenvalue weighted by Gasteiger charge is -2.36. The molecule has 0 spiro atoms. The summed E-state index contributed by atoms with van der Waals surface area (Å²) >= 11 is 0. The number of nitrogens with one attached hydrogen (secondary N) is 1. The van der Waals surface area contributed by atoms with E-state index in [1.54, 1.807) is 0 Å². The second-order valence-electron chi connectivity index (χ2n) is 6.59. The zero-order valence-corrected chi connectivity index (χ0v) is 13.2. The highest BCUT2D eigenvalue weighted by Gasteiger charge is 2.26. The topological polar surface area (TPSA) is 24.5 Å². The molecule has 2 rings (SSSR count). The highest BCUT2D eigenvalue weighted by atomic mass is 16.5. The van der Waals surface area contributed by atoms with E-state index in [-0.39, 0.29) is 5.41 Å². The van der Waals surface area contributed by atoms with Gasteiger partial charge in [0.25, 0.3) is 0 Å². The fourth-order valence-electron chi connectivity index (χ4n) is 2.65. The predicted molar refractivity (Wildman–Crippen MR) is 84.2 cm³/mol. The Bertz CT molecular complexity index is 405. The fourth-order valence-corrected chi connectivity index (χ4v) is 2.65. The van der Waals surface area contributed by atoms with Crippen molar-refractivity contribution >= 4 is 0 Å². The van der Waals surface area contributed by atoms with Crippen LogP contribution in [0.15, 0.2) is 30.3 Å². The van der Waals surface area contributed by atoms with E-state index >= 15 is 0 Å². The van der Waals surface area contributed by atoms with Crippen LogP contribution in [0.5, 0.6) is 0 Å². The van der Waals surface area contributed by atoms with E-state index in [1.165, 1.54) is 5.56 Å². The molecule has 2 atom stereocenters. The molecule has 3 nitrogen and oxygen atoms in total. The molecular weight excluding hydrogens is 248 g/mol. The van der Waals surface area contributed by atoms with Crippen LogP contribution in [0.3, 0.4) is 0 Å². The molecule has 0 bridgehead atoms. The van der Waals surface area contributed by atoms with Gasteiger partial charge in [0.05, 0.1) is 12.7 Å². The molecule has 20 heavy (non-hydrogen) atoms. The Balaban J connectivity index is 1.87. The van der Waals surface area contributed by atoms with Crippen molar-refractivity contribution in [2.45, 2.75) is 38.3 Å². The summed E-state index contributed by atoms with van der Waals surface area (Å²) < 4.78 is 5.88. The van der Waals surface area contributed by atoms with E-state index in [0.717, 1.165) is 26.2 Å². The van der Waals surface area contributed by atoms with Crippen molar-refractivity contribution in [2.75, 3.05) is 33.3 Å². The minimum absolute atomic E-state index is 0.135. The average Bonchev–Trinajstić information content (AvgIpc) is 2.46. The Hall–Kier alpha value is -0.900. The molecule has 1 aliphatic heterocycles. The monoisotopic (exact) mass is 276 g/mol. The summed E-state index contributed by atoms with van der Waals surface area (Å²) in [4.78, 5) is 2.34. The number of benzene rings is 1. The van der Waals surface area contributed by atoms with Crippen molar-refractivity contribution in [1.82, 2.24) is 10.2 Å². The maximum absolute atomic E-state index is 5.88. The van der Waals surface area contributed by atoms with Crippen molar-refractivity contribution in [3.8, 4) is 0 Å². The molecule has 0 saturated carbocycles. The molecule has 0 amide bonds. The van der Waals surface area contributed by atoms with Gasteiger partial charge in [-0.2, -0.15) is 0 Å². The minimum Gasteiger partial charge on any atom is -0.374 e. The number of likely N-dealkylation sites (N-methyl/N-ethyl adjacent to an activating group) is 1. The standard InChI is InChI=1S/C17H28N2O/c1-14(16-12-19(4)10-11-20-16)18-13-17(2,3)15-8-6-5-7-9-15/h5-9,14,16,18H,10-13H2,1-4H3/t14-,16+/m1/s1. The first-order valence-corrected chi connectivity index (χ1v) is 7.58. The zero-order chi connectivity index (χ0) is 14.6. The fraction of sp³-hybridized carbons (Fsp3) is 0.647. The van der Waals surface area contributed by atoms with E-state index in [4.69, 9.17) is 4.74 Å². The molecule has 0 unspecified atom stereocenters. The summed E-state index contributed by atoms with van der Waals surface area (Å²) in [6.07, 6.45) is 0.292. The van der Waals surface area contributed by atoms with Gasteiger partial charge in [0, 0.05) is 31.1 Å². The second kappa shape index (κ2) is 6.70. The lowest BCUT2D eigenvalue weighted by atomic mass is 9.84. The molecule has 1 aromatic rings. The third-order valence-corrected chi connectivity index (χ3v) is 4.28. The number of ether oxygens (including phenoxy) is 1. The smallest absolute Gasteiger partial charge is 0.0852 e. The molecule has 1 heterocycles. The molecule has 1 aliphatic rings. The molecule has 3 heteroatoms. The Kier molecular flexibility index (Phi) is 5.19. The molecule has 1 fully saturated rings. The van der Waals surface area contributed by atoms with Crippen LogP contribution in [-0.2, 0) is 10.2 Å². The van der Waals surface area contributed by atoms with Crippen LogP contribution in [0.4, 0.5) is 0 Å². The highest BCUT2D eigenvalue weighted by molar-refractivity contribution is 5.23. The molecule has 1 N–H and O–H groups in total. The summed E-state index contributed by atoms with van der Waals surface area (Å²) in [6.45, 7) is 10.7. The van der Waals surface area contributed by atoms with E-state index in [2.05, 4.69) is 68.4 Å². The summed E-state index contributed by atoms with van der Waals surface area (Å²) in [5, 5.41) is 3.66. The lowest BCUT2D eigenvalue weighted by Crippen LogP contribution is -2.51. The number of morpholine rings is 1. The van der Waals surface area contributed by atoms with Crippen LogP contribution in [0, 0.1) is 0 Å². The summed E-state index contributed by atoms with van der Waals surface area (Å²) in [5.74, 6) is 0. The molecule has 0 radical (unpaired) electrons. The van der Waals surface area contributed by atoms with E-state index in [0.29, 0.717) is 12.1 Å². The van der Waals surface area contributed by atoms with Gasteiger partial charge in [0.15, 0.2) is 0 Å². The first-order chi connectivity index (χ1) is 9.49. The SMILES string of the molecule is C[C@@H](NCC(C)(C)c1ccccc1)[C@@H]1CN(C)CCO1. The van der Waals surface area contributed by atoms with E-state index < -0.39 is 0 Å². The summed E-state index contributed by atoms with van der Waals surface area (Å²) in [5.41, 5.74) is 1.51. The van der Waals surface area contributed by atoms with Crippen molar-refractivity contribution in [3.63, 3.8) is 0 Å². The Morgan fingerprint density at radius 2 is 2.05 bits per heavy atom. The van der Waals surface area contributed by atoms with Crippen molar-refractivity contribution in [3.05, 3.63) is 35.9 Å². The van der Waals surface area contributed by atoms with Gasteiger partial charge in [-0.1, -0.05) is 44.2 Å². The van der Waals surface area contributed by atoms with Crippen molar-refractivity contribution in [2.24, 2.45) is 0 Å². The Morgan fingerprint density at radius 1 is 1.35 bits per heavy atom. The Labute approximate surface area is 123 Å². The minimum atomic E-state index is 0.135. The Morgan fingerprint density at radius 3 is 2.70 bits per heavy atom. The van der Waals surface area contributed by atoms with Gasteiger partial charge in [0.2, 0.25) is 0 Å². The second-order valence-corrected chi connectivity index (χ2v) is 6.59. The number of hydrogen-bond donors (Lipinski definition) is 1. The first kappa shape index (κ1) is 15.5. The normalized spacial score (nSPS) is 22.7. The first-order valence-electron chi connectivity index (χ1n) is 7.58. The van der Waals surface area contributed by atoms with Gasteiger partial charge in [-0.05, 0) is 19.5 Å². The van der Waals surface area contributed by atoms with Gasteiger partial charge in [0.1, 0.15) is 0 Å². The predicted octanol–water partition coefficient (Wildman–Crippen LogP) is 2.27. The van der Waals surface area contributed by atoms with Crippen molar-refractivity contribution in [1.29, 1.82) is 0 Å². The highest BCUT2D eigenvalue weighted by Crippen LogP contribution is 2.22. The maximum atomic E-state index is 5.88. The van der Waals surface area contributed by atoms with Crippen LogP contribution in [0.2, 0.25) is 0 Å². The largest absolute Gasteiger partial charge is 0.374 e. The summed E-state index contributed by atoms with van der Waals surface area (Å²) in [6, 6.07) is 11.1. The maximum Gasteiger partial charge on any atom is 0.0852 e. The van der Waals surface area contributed by atoms with Gasteiger partial charge in [-0.25, -0.2) is 0 Å². The third-order valence-electron chi connectivity index (χ3n) is 4.28. The van der Waals surface area contributed by atoms with Gasteiger partial charge >= 0.3 is 0 Å². The molecule has 1 saturated heterocycles. The molecular formula is C17H28N2O. The van der Waals surface area contributed by atoms with Crippen LogP contribution >= 0.6 is 0 Å². The zero-order valence-electron chi connectivity index (χ0n) is 13.2. The number of hydrogen-bond acceptors (Lipinski definition) is 3. The van der Waals surface area contributed by atoms with E-state index in [9.17, 15) is 0 Å². The summed E-state index contributed by atoms with van der Waals surface area (Å²) in [7, 11) is 2.16. The van der Waals surface area contributed by atoms with Crippen molar-refractivity contribution < 1.29 is 4.74 Å². The number of rotatable bonds is 5. The van der Waals surface area contributed by atoms with Gasteiger partial charge < -0.3 is 15.0 Å². The van der Waals surface area contributed by atoms with E-state index in [1.807, 2.05) is 0 Å². The average molecular weight is 276 g/mol. The quantitative estimate of drug-likeness (QED) is 0.893. The lowest BCUT2D eigenvalue weighted by molar-refractivity contribution is -0.0358. The van der Waals surface area contributed by atoms with Gasteiger partial charge in [-0.3, -0.25) is 0 Å². The third kappa shape index (κ3) is 4.05.